The maximum Gasteiger partial charge on any atom is 0.0592 e. The van der Waals surface area contributed by atoms with Gasteiger partial charge in [-0.3, -0.25) is 0 Å². The van der Waals surface area contributed by atoms with E-state index in [0.717, 1.165) is 0 Å². The van der Waals surface area contributed by atoms with E-state index in [2.05, 4.69) is 78.9 Å². The number of hydrogen-bond donors (Lipinski definition) is 0. The van der Waals surface area contributed by atoms with Crippen molar-refractivity contribution in [3.8, 4) is 0 Å². The van der Waals surface area contributed by atoms with Crippen LogP contribution in [0, 0.1) is 0 Å². The molecule has 0 N–H and O–H groups in total. The number of hydrogen-bond acceptors (Lipinski definition) is 3. The molecule has 0 amide bonds. The standard InChI is InChI=1S/C62H126OS2/c1-9-17-25-33-35-37-39-47-55-64-61(51-43-29-21-13-5,52-44-30-22-14-6)57-59(49-41-27-19-11-3)63-60(50-42-28-20-12-4)58-62(53-45-31-23-15-7,54-46-32-24-16-8)65-56-48-40-38-36-34-26-18-10-2/h59-60H,9-58H2,1-8H3. The third-order valence-corrected chi connectivity index (χ3v) is 18.5. The van der Waals surface area contributed by atoms with Gasteiger partial charge in [-0.15, -0.1) is 0 Å². The van der Waals surface area contributed by atoms with Crippen LogP contribution >= 0.6 is 23.5 Å². The van der Waals surface area contributed by atoms with Crippen LogP contribution in [-0.4, -0.2) is 33.2 Å². The molecule has 65 heavy (non-hydrogen) atoms. The van der Waals surface area contributed by atoms with Crippen LogP contribution < -0.4 is 0 Å². The SMILES string of the molecule is CCCCCCCCCCSC(CCCCCC)(CCCCCC)CC(CCCCCC)OC(CCCCCC)CC(CCCCCC)(CCCCCC)SCCCCCCCCCC. The summed E-state index contributed by atoms with van der Waals surface area (Å²) in [5, 5.41) is 0. The predicted octanol–water partition coefficient (Wildman–Crippen LogP) is 23.6. The number of thioether (sulfide) groups is 2. The summed E-state index contributed by atoms with van der Waals surface area (Å²) in [6.07, 6.45) is 67.8. The molecule has 0 rings (SSSR count). The average Bonchev–Trinajstić information content (AvgIpc) is 3.31. The van der Waals surface area contributed by atoms with E-state index in [1.165, 1.54) is 320 Å². The molecule has 0 aromatic heterocycles. The fraction of sp³-hybridized carbons (Fsp3) is 1.00. The maximum atomic E-state index is 7.99. The van der Waals surface area contributed by atoms with Crippen LogP contribution in [0.2, 0.25) is 0 Å². The lowest BCUT2D eigenvalue weighted by Crippen LogP contribution is -2.38. The first-order chi connectivity index (χ1) is 31.9. The van der Waals surface area contributed by atoms with Gasteiger partial charge in [0, 0.05) is 9.49 Å². The van der Waals surface area contributed by atoms with E-state index in [9.17, 15) is 0 Å². The second kappa shape index (κ2) is 51.0. The highest BCUT2D eigenvalue weighted by atomic mass is 32.2. The van der Waals surface area contributed by atoms with E-state index in [1.54, 1.807) is 0 Å². The second-order valence-corrected chi connectivity index (χ2v) is 24.9. The van der Waals surface area contributed by atoms with Crippen LogP contribution in [0.15, 0.2) is 0 Å². The van der Waals surface area contributed by atoms with Crippen LogP contribution in [0.5, 0.6) is 0 Å². The Kier molecular flexibility index (Phi) is 51.5. The molecule has 0 saturated carbocycles. The Morgan fingerprint density at radius 3 is 0.738 bits per heavy atom. The number of unbranched alkanes of at least 4 members (excludes halogenated alkanes) is 32. The zero-order valence-corrected chi connectivity index (χ0v) is 48.4. The molecular formula is C62H126OS2. The Morgan fingerprint density at radius 2 is 0.477 bits per heavy atom. The van der Waals surface area contributed by atoms with E-state index < -0.39 is 0 Å². The normalized spacial score (nSPS) is 13.3. The van der Waals surface area contributed by atoms with E-state index in [0.29, 0.717) is 21.7 Å². The van der Waals surface area contributed by atoms with Gasteiger partial charge in [0.2, 0.25) is 0 Å². The highest BCUT2D eigenvalue weighted by Gasteiger charge is 2.37. The quantitative estimate of drug-likeness (QED) is 0.0562. The third-order valence-electron chi connectivity index (χ3n) is 15.1. The molecule has 0 fully saturated rings. The van der Waals surface area contributed by atoms with Gasteiger partial charge >= 0.3 is 0 Å². The average molecular weight is 952 g/mol. The van der Waals surface area contributed by atoms with Crippen molar-refractivity contribution in [1.29, 1.82) is 0 Å². The van der Waals surface area contributed by atoms with Crippen LogP contribution in [-0.2, 0) is 4.74 Å². The first-order valence-electron chi connectivity index (χ1n) is 30.9. The smallest absolute Gasteiger partial charge is 0.0592 e. The summed E-state index contributed by atoms with van der Waals surface area (Å²) in [5.74, 6) is 2.74. The molecule has 0 aromatic rings. The van der Waals surface area contributed by atoms with Gasteiger partial charge in [0.1, 0.15) is 0 Å². The second-order valence-electron chi connectivity index (χ2n) is 21.7. The van der Waals surface area contributed by atoms with Crippen LogP contribution in [0.3, 0.4) is 0 Å². The van der Waals surface area contributed by atoms with Crippen LogP contribution in [0.1, 0.15) is 364 Å². The zero-order chi connectivity index (χ0) is 47.6. The molecule has 3 heteroatoms. The Balaban J connectivity index is 6.83. The van der Waals surface area contributed by atoms with Crippen molar-refractivity contribution < 1.29 is 4.74 Å². The topological polar surface area (TPSA) is 9.23 Å². The summed E-state index contributed by atoms with van der Waals surface area (Å²) in [5.41, 5.74) is 0. The molecule has 1 nitrogen and oxygen atoms in total. The van der Waals surface area contributed by atoms with Gasteiger partial charge in [-0.25, -0.2) is 0 Å². The lowest BCUT2D eigenvalue weighted by Gasteiger charge is -2.41. The fourth-order valence-corrected chi connectivity index (χ4v) is 14.1. The van der Waals surface area contributed by atoms with Crippen molar-refractivity contribution in [3.63, 3.8) is 0 Å². The summed E-state index contributed by atoms with van der Waals surface area (Å²) in [7, 11) is 0. The van der Waals surface area contributed by atoms with E-state index in [4.69, 9.17) is 4.74 Å². The Labute approximate surface area is 422 Å². The molecular weight excluding hydrogens is 825 g/mol. The van der Waals surface area contributed by atoms with Gasteiger partial charge in [-0.05, 0) is 75.7 Å². The van der Waals surface area contributed by atoms with E-state index in [-0.39, 0.29) is 0 Å². The van der Waals surface area contributed by atoms with Gasteiger partial charge in [-0.1, -0.05) is 299 Å². The first-order valence-corrected chi connectivity index (χ1v) is 32.8. The molecule has 0 saturated heterocycles. The maximum absolute atomic E-state index is 7.99. The van der Waals surface area contributed by atoms with Gasteiger partial charge < -0.3 is 4.74 Å². The summed E-state index contributed by atoms with van der Waals surface area (Å²) in [4.78, 5) is 0. The fourth-order valence-electron chi connectivity index (χ4n) is 10.7. The van der Waals surface area contributed by atoms with Crippen molar-refractivity contribution in [2.24, 2.45) is 0 Å². The molecule has 0 aromatic carbocycles. The van der Waals surface area contributed by atoms with E-state index >= 15 is 0 Å². The van der Waals surface area contributed by atoms with Crippen LogP contribution in [0.25, 0.3) is 0 Å². The number of rotatable bonds is 56. The molecule has 0 aliphatic heterocycles. The van der Waals surface area contributed by atoms with Crippen molar-refractivity contribution in [3.05, 3.63) is 0 Å². The van der Waals surface area contributed by atoms with Gasteiger partial charge in [0.15, 0.2) is 0 Å². The van der Waals surface area contributed by atoms with Crippen LogP contribution in [0.4, 0.5) is 0 Å². The van der Waals surface area contributed by atoms with E-state index in [1.807, 2.05) is 0 Å². The Hall–Kier alpha value is 0.660. The summed E-state index contributed by atoms with van der Waals surface area (Å²) < 4.78 is 8.75. The van der Waals surface area contributed by atoms with Gasteiger partial charge in [-0.2, -0.15) is 23.5 Å². The number of ether oxygens (including phenoxy) is 1. The van der Waals surface area contributed by atoms with Crippen molar-refractivity contribution in [1.82, 2.24) is 0 Å². The molecule has 0 bridgehead atoms. The molecule has 0 heterocycles. The van der Waals surface area contributed by atoms with Crippen molar-refractivity contribution in [2.45, 2.75) is 385 Å². The zero-order valence-electron chi connectivity index (χ0n) is 46.7. The van der Waals surface area contributed by atoms with Gasteiger partial charge in [0.25, 0.3) is 0 Å². The first kappa shape index (κ1) is 65.7. The minimum atomic E-state index is 0.382. The molecule has 2 unspecified atom stereocenters. The predicted molar refractivity (Wildman–Crippen MR) is 306 cm³/mol. The lowest BCUT2D eigenvalue weighted by atomic mass is 9.85. The highest BCUT2D eigenvalue weighted by molar-refractivity contribution is 8.00. The van der Waals surface area contributed by atoms with Gasteiger partial charge in [0.05, 0.1) is 12.2 Å². The van der Waals surface area contributed by atoms with Crippen molar-refractivity contribution in [2.75, 3.05) is 11.5 Å². The lowest BCUT2D eigenvalue weighted by molar-refractivity contribution is -0.0413. The molecule has 0 spiro atoms. The summed E-state index contributed by atoms with van der Waals surface area (Å²) in [6.45, 7) is 19.1. The molecule has 0 radical (unpaired) electrons. The Morgan fingerprint density at radius 1 is 0.262 bits per heavy atom. The Bertz CT molecular complexity index is 796. The summed E-state index contributed by atoms with van der Waals surface area (Å²) in [6, 6.07) is 0. The largest absolute Gasteiger partial charge is 0.375 e. The highest BCUT2D eigenvalue weighted by Crippen LogP contribution is 2.46. The molecule has 0 aliphatic rings. The minimum absolute atomic E-state index is 0.382. The van der Waals surface area contributed by atoms with Crippen molar-refractivity contribution >= 4 is 23.5 Å². The third kappa shape index (κ3) is 41.0. The molecule has 392 valence electrons. The summed E-state index contributed by atoms with van der Waals surface area (Å²) >= 11 is 4.93. The minimum Gasteiger partial charge on any atom is -0.375 e. The monoisotopic (exact) mass is 951 g/mol. The molecule has 2 atom stereocenters. The molecule has 0 aliphatic carbocycles.